The zero-order chi connectivity index (χ0) is 17.2. The SMILES string of the molecule is CC1=Nc2ccc(-c3ccsc3)cc2C12Cc1c(F)cccc1C2=O. The summed E-state index contributed by atoms with van der Waals surface area (Å²) in [5, 5.41) is 4.12. The van der Waals surface area contributed by atoms with Gasteiger partial charge in [-0.1, -0.05) is 18.2 Å². The van der Waals surface area contributed by atoms with Crippen LogP contribution in [-0.4, -0.2) is 11.5 Å². The first-order valence-corrected chi connectivity index (χ1v) is 9.10. The fourth-order valence-electron chi connectivity index (χ4n) is 4.09. The number of rotatable bonds is 1. The maximum Gasteiger partial charge on any atom is 0.179 e. The fraction of sp³-hybridized carbons (Fsp3) is 0.143. The molecular weight excluding hydrogens is 333 g/mol. The van der Waals surface area contributed by atoms with Gasteiger partial charge in [0.05, 0.1) is 5.69 Å². The molecule has 122 valence electrons. The van der Waals surface area contributed by atoms with Crippen LogP contribution in [-0.2, 0) is 11.8 Å². The van der Waals surface area contributed by atoms with E-state index in [9.17, 15) is 9.18 Å². The van der Waals surface area contributed by atoms with Gasteiger partial charge < -0.3 is 0 Å². The van der Waals surface area contributed by atoms with E-state index in [-0.39, 0.29) is 11.6 Å². The van der Waals surface area contributed by atoms with Gasteiger partial charge in [0.2, 0.25) is 0 Å². The number of carbonyl (C=O) groups is 1. The molecule has 1 aromatic heterocycles. The highest BCUT2D eigenvalue weighted by molar-refractivity contribution is 7.08. The summed E-state index contributed by atoms with van der Waals surface area (Å²) in [6.45, 7) is 1.88. The van der Waals surface area contributed by atoms with Crippen LogP contribution in [0.5, 0.6) is 0 Å². The van der Waals surface area contributed by atoms with Crippen LogP contribution in [0.15, 0.2) is 58.2 Å². The van der Waals surface area contributed by atoms with Crippen molar-refractivity contribution in [3.63, 3.8) is 0 Å². The molecule has 3 aromatic rings. The molecule has 4 heteroatoms. The molecule has 2 aliphatic rings. The van der Waals surface area contributed by atoms with Gasteiger partial charge in [0.1, 0.15) is 11.2 Å². The van der Waals surface area contributed by atoms with E-state index in [0.29, 0.717) is 17.5 Å². The smallest absolute Gasteiger partial charge is 0.179 e. The first-order chi connectivity index (χ1) is 12.1. The van der Waals surface area contributed by atoms with E-state index in [1.54, 1.807) is 23.5 Å². The molecule has 2 heterocycles. The fourth-order valence-corrected chi connectivity index (χ4v) is 4.76. The molecule has 0 saturated heterocycles. The number of Topliss-reactive ketones (excluding diaryl/α,β-unsaturated/α-hetero) is 1. The average Bonchev–Trinajstić information content (AvgIpc) is 3.30. The number of fused-ring (bicyclic) bond motifs is 3. The van der Waals surface area contributed by atoms with Gasteiger partial charge >= 0.3 is 0 Å². The first-order valence-electron chi connectivity index (χ1n) is 8.16. The highest BCUT2D eigenvalue weighted by Crippen LogP contribution is 2.50. The van der Waals surface area contributed by atoms with E-state index < -0.39 is 5.41 Å². The van der Waals surface area contributed by atoms with Crippen molar-refractivity contribution in [1.29, 1.82) is 0 Å². The Morgan fingerprint density at radius 1 is 1.16 bits per heavy atom. The number of aliphatic imine (C=N–C) groups is 1. The molecule has 0 bridgehead atoms. The van der Waals surface area contributed by atoms with Crippen LogP contribution in [0.4, 0.5) is 10.1 Å². The predicted octanol–water partition coefficient (Wildman–Crippen LogP) is 5.34. The minimum absolute atomic E-state index is 0.0375. The van der Waals surface area contributed by atoms with Gasteiger partial charge in [-0.3, -0.25) is 9.79 Å². The number of hydrogen-bond donors (Lipinski definition) is 0. The molecule has 5 rings (SSSR count). The van der Waals surface area contributed by atoms with E-state index in [1.807, 2.05) is 24.4 Å². The van der Waals surface area contributed by atoms with Crippen LogP contribution in [0.25, 0.3) is 11.1 Å². The molecule has 1 aliphatic heterocycles. The zero-order valence-corrected chi connectivity index (χ0v) is 14.4. The van der Waals surface area contributed by atoms with Crippen molar-refractivity contribution in [2.45, 2.75) is 18.8 Å². The van der Waals surface area contributed by atoms with E-state index >= 15 is 0 Å². The van der Waals surface area contributed by atoms with Crippen molar-refractivity contribution in [3.05, 3.63) is 75.7 Å². The van der Waals surface area contributed by atoms with E-state index in [0.717, 1.165) is 28.1 Å². The van der Waals surface area contributed by atoms with Gasteiger partial charge in [-0.15, -0.1) is 0 Å². The molecule has 2 nitrogen and oxygen atoms in total. The van der Waals surface area contributed by atoms with Gasteiger partial charge in [0.25, 0.3) is 0 Å². The van der Waals surface area contributed by atoms with E-state index in [2.05, 4.69) is 22.5 Å². The standard InChI is InChI=1S/C21H14FNOS/c1-12-21(10-16-15(20(21)24)3-2-4-18(16)22)17-9-13(5-6-19(17)23-12)14-7-8-25-11-14/h2-9,11H,10H2,1H3. The largest absolute Gasteiger partial charge is 0.293 e. The number of halogens is 1. The monoisotopic (exact) mass is 347 g/mol. The number of nitrogens with zero attached hydrogens (tertiary/aromatic N) is 1. The van der Waals surface area contributed by atoms with Gasteiger partial charge in [-0.25, -0.2) is 4.39 Å². The third-order valence-corrected chi connectivity index (χ3v) is 6.09. The highest BCUT2D eigenvalue weighted by Gasteiger charge is 2.53. The zero-order valence-electron chi connectivity index (χ0n) is 13.5. The summed E-state index contributed by atoms with van der Waals surface area (Å²) in [4.78, 5) is 17.9. The van der Waals surface area contributed by atoms with Gasteiger partial charge in [-0.2, -0.15) is 11.3 Å². The molecule has 1 aliphatic carbocycles. The summed E-state index contributed by atoms with van der Waals surface area (Å²) in [5.41, 5.74) is 4.80. The predicted molar refractivity (Wildman–Crippen MR) is 98.6 cm³/mol. The Morgan fingerprint density at radius 3 is 2.80 bits per heavy atom. The molecule has 0 amide bonds. The number of hydrogen-bond acceptors (Lipinski definition) is 3. The summed E-state index contributed by atoms with van der Waals surface area (Å²) >= 11 is 1.64. The van der Waals surface area contributed by atoms with Gasteiger partial charge in [0, 0.05) is 16.8 Å². The average molecular weight is 347 g/mol. The van der Waals surface area contributed by atoms with E-state index in [4.69, 9.17) is 0 Å². The molecule has 1 spiro atoms. The second-order valence-corrected chi connectivity index (χ2v) is 7.40. The van der Waals surface area contributed by atoms with Crippen molar-refractivity contribution in [2.75, 3.05) is 0 Å². The lowest BCUT2D eigenvalue weighted by atomic mass is 9.74. The van der Waals surface area contributed by atoms with Gasteiger partial charge in [0.15, 0.2) is 5.78 Å². The second kappa shape index (κ2) is 4.96. The Hall–Kier alpha value is -2.59. The van der Waals surface area contributed by atoms with E-state index in [1.165, 1.54) is 6.07 Å². The van der Waals surface area contributed by atoms with Crippen molar-refractivity contribution >= 4 is 28.5 Å². The minimum atomic E-state index is -0.855. The molecule has 1 atom stereocenters. The van der Waals surface area contributed by atoms with Crippen LogP contribution in [0.3, 0.4) is 0 Å². The Balaban J connectivity index is 1.73. The summed E-state index contributed by atoms with van der Waals surface area (Å²) in [6.07, 6.45) is 0.350. The quantitative estimate of drug-likeness (QED) is 0.584. The van der Waals surface area contributed by atoms with Crippen LogP contribution >= 0.6 is 11.3 Å². The van der Waals surface area contributed by atoms with Crippen LogP contribution < -0.4 is 0 Å². The van der Waals surface area contributed by atoms with Crippen molar-refractivity contribution in [2.24, 2.45) is 4.99 Å². The second-order valence-electron chi connectivity index (χ2n) is 6.62. The normalized spacial score (nSPS) is 20.7. The first kappa shape index (κ1) is 14.7. The third-order valence-electron chi connectivity index (χ3n) is 5.41. The Kier molecular flexibility index (Phi) is 2.92. The number of thiophene rings is 1. The molecule has 0 fully saturated rings. The summed E-state index contributed by atoms with van der Waals surface area (Å²) < 4.78 is 14.3. The van der Waals surface area contributed by atoms with Crippen LogP contribution in [0.2, 0.25) is 0 Å². The number of benzene rings is 2. The molecular formula is C21H14FNOS. The lowest BCUT2D eigenvalue weighted by Crippen LogP contribution is -2.38. The van der Waals surface area contributed by atoms with Crippen LogP contribution in [0.1, 0.15) is 28.4 Å². The Morgan fingerprint density at radius 2 is 2.04 bits per heavy atom. The molecule has 2 aromatic carbocycles. The Labute approximate surface area is 148 Å². The summed E-state index contributed by atoms with van der Waals surface area (Å²) in [5.74, 6) is -0.345. The maximum absolute atomic E-state index is 14.3. The molecule has 25 heavy (non-hydrogen) atoms. The lowest BCUT2D eigenvalue weighted by molar-refractivity contribution is 0.0946. The Bertz CT molecular complexity index is 1070. The topological polar surface area (TPSA) is 29.4 Å². The maximum atomic E-state index is 14.3. The van der Waals surface area contributed by atoms with Crippen molar-refractivity contribution < 1.29 is 9.18 Å². The number of ketones is 1. The molecule has 0 saturated carbocycles. The third kappa shape index (κ3) is 1.83. The minimum Gasteiger partial charge on any atom is -0.293 e. The molecule has 0 radical (unpaired) electrons. The van der Waals surface area contributed by atoms with Crippen molar-refractivity contribution in [1.82, 2.24) is 0 Å². The van der Waals surface area contributed by atoms with Gasteiger partial charge in [-0.05, 0) is 65.1 Å². The summed E-state index contributed by atoms with van der Waals surface area (Å²) in [6, 6.07) is 12.9. The molecule has 1 unspecified atom stereocenters. The lowest BCUT2D eigenvalue weighted by Gasteiger charge is -2.24. The highest BCUT2D eigenvalue weighted by atomic mass is 32.1. The summed E-state index contributed by atoms with van der Waals surface area (Å²) in [7, 11) is 0. The number of carbonyl (C=O) groups excluding carboxylic acids is 1. The van der Waals surface area contributed by atoms with Crippen LogP contribution in [0, 0.1) is 5.82 Å². The molecule has 0 N–H and O–H groups in total. The van der Waals surface area contributed by atoms with Crippen molar-refractivity contribution in [3.8, 4) is 11.1 Å².